The van der Waals surface area contributed by atoms with E-state index < -0.39 is 0 Å². The molecule has 5 heteroatoms. The van der Waals surface area contributed by atoms with Crippen molar-refractivity contribution >= 4 is 5.91 Å². The molecule has 0 spiro atoms. The van der Waals surface area contributed by atoms with Crippen LogP contribution in [0.1, 0.15) is 49.1 Å². The van der Waals surface area contributed by atoms with Crippen molar-refractivity contribution < 1.29 is 4.79 Å². The average Bonchev–Trinajstić information content (AvgIpc) is 3.16. The Kier molecular flexibility index (Phi) is 4.22. The monoisotopic (exact) mass is 298 g/mol. The number of H-pyrrole nitrogens is 1. The Labute approximate surface area is 130 Å². The fraction of sp³-hybridized carbons (Fsp3) is 0.471. The predicted molar refractivity (Wildman–Crippen MR) is 84.5 cm³/mol. The zero-order valence-corrected chi connectivity index (χ0v) is 13.0. The van der Waals surface area contributed by atoms with Gasteiger partial charge in [-0.25, -0.2) is 4.98 Å². The Bertz CT molecular complexity index is 619. The largest absolute Gasteiger partial charge is 0.355 e. The third-order valence-corrected chi connectivity index (χ3v) is 4.28. The van der Waals surface area contributed by atoms with Crippen LogP contribution in [0.15, 0.2) is 30.6 Å². The minimum Gasteiger partial charge on any atom is -0.355 e. The van der Waals surface area contributed by atoms with Crippen LogP contribution in [-0.2, 0) is 11.2 Å². The Hall–Kier alpha value is -2.17. The molecule has 1 aliphatic rings. The highest BCUT2D eigenvalue weighted by atomic mass is 16.2. The first-order chi connectivity index (χ1) is 10.6. The topological polar surface area (TPSA) is 70.7 Å². The molecular weight excluding hydrogens is 276 g/mol. The highest BCUT2D eigenvalue weighted by Gasteiger charge is 2.43. The summed E-state index contributed by atoms with van der Waals surface area (Å²) in [7, 11) is 0. The zero-order valence-electron chi connectivity index (χ0n) is 13.0. The number of hydrogen-bond acceptors (Lipinski definition) is 3. The molecule has 0 aliphatic heterocycles. The van der Waals surface area contributed by atoms with Crippen LogP contribution >= 0.6 is 0 Å². The van der Waals surface area contributed by atoms with Gasteiger partial charge in [0.25, 0.3) is 0 Å². The summed E-state index contributed by atoms with van der Waals surface area (Å²) in [6, 6.07) is 8.69. The number of rotatable bonds is 6. The fourth-order valence-corrected chi connectivity index (χ4v) is 2.77. The molecule has 22 heavy (non-hydrogen) atoms. The van der Waals surface area contributed by atoms with E-state index >= 15 is 0 Å². The van der Waals surface area contributed by atoms with Gasteiger partial charge in [-0.15, -0.1) is 0 Å². The van der Waals surface area contributed by atoms with E-state index in [2.05, 4.69) is 58.6 Å². The van der Waals surface area contributed by atoms with Crippen LogP contribution in [0.5, 0.6) is 0 Å². The standard InChI is InChI=1S/C17H22N4O/c1-11(2)12-3-5-13(6-4-12)14-9-15(14)17(22)18-8-7-16-19-10-20-21-16/h3-6,10-11,14-15H,7-9H2,1-2H3,(H,18,22)(H,19,20,21)/t14-,15-/m1/s1. The lowest BCUT2D eigenvalue weighted by Gasteiger charge is -2.07. The smallest absolute Gasteiger partial charge is 0.223 e. The van der Waals surface area contributed by atoms with Crippen LogP contribution in [0.3, 0.4) is 0 Å². The Morgan fingerprint density at radius 3 is 2.77 bits per heavy atom. The van der Waals surface area contributed by atoms with E-state index in [4.69, 9.17) is 0 Å². The highest BCUT2D eigenvalue weighted by Crippen LogP contribution is 2.47. The Morgan fingerprint density at radius 2 is 2.14 bits per heavy atom. The molecule has 1 aliphatic carbocycles. The third kappa shape index (κ3) is 3.35. The van der Waals surface area contributed by atoms with Gasteiger partial charge in [0.15, 0.2) is 0 Å². The number of carbonyl (C=O) groups excluding carboxylic acids is 1. The number of carbonyl (C=O) groups is 1. The second kappa shape index (κ2) is 6.30. The van der Waals surface area contributed by atoms with E-state index in [0.29, 0.717) is 24.8 Å². The maximum Gasteiger partial charge on any atom is 0.223 e. The molecule has 0 radical (unpaired) electrons. The SMILES string of the molecule is CC(C)c1ccc([C@H]2C[C@H]2C(=O)NCCc2ncn[nH]2)cc1. The van der Waals surface area contributed by atoms with Crippen molar-refractivity contribution in [1.82, 2.24) is 20.5 Å². The number of aromatic amines is 1. The first-order valence-corrected chi connectivity index (χ1v) is 7.87. The van der Waals surface area contributed by atoms with E-state index in [9.17, 15) is 4.79 Å². The number of aromatic nitrogens is 3. The molecule has 3 rings (SSSR count). The van der Waals surface area contributed by atoms with Gasteiger partial charge in [0.05, 0.1) is 0 Å². The maximum absolute atomic E-state index is 12.1. The van der Waals surface area contributed by atoms with Crippen molar-refractivity contribution in [2.45, 2.75) is 38.5 Å². The summed E-state index contributed by atoms with van der Waals surface area (Å²) in [6.07, 6.45) is 3.12. The number of hydrogen-bond donors (Lipinski definition) is 2. The van der Waals surface area contributed by atoms with Crippen LogP contribution in [0.2, 0.25) is 0 Å². The Morgan fingerprint density at radius 1 is 1.36 bits per heavy atom. The van der Waals surface area contributed by atoms with Gasteiger partial charge in [-0.05, 0) is 29.4 Å². The Balaban J connectivity index is 1.47. The van der Waals surface area contributed by atoms with Crippen molar-refractivity contribution in [2.24, 2.45) is 5.92 Å². The van der Waals surface area contributed by atoms with E-state index in [1.54, 1.807) is 0 Å². The molecule has 2 atom stereocenters. The molecule has 1 heterocycles. The van der Waals surface area contributed by atoms with Gasteiger partial charge in [0, 0.05) is 18.9 Å². The molecule has 1 saturated carbocycles. The minimum atomic E-state index is 0.125. The van der Waals surface area contributed by atoms with Crippen molar-refractivity contribution in [3.05, 3.63) is 47.5 Å². The maximum atomic E-state index is 12.1. The molecular formula is C17H22N4O. The summed E-state index contributed by atoms with van der Waals surface area (Å²) in [5.41, 5.74) is 2.62. The molecule has 1 aromatic heterocycles. The highest BCUT2D eigenvalue weighted by molar-refractivity contribution is 5.82. The summed E-state index contributed by atoms with van der Waals surface area (Å²) < 4.78 is 0. The first kappa shape index (κ1) is 14.8. The predicted octanol–water partition coefficient (Wildman–Crippen LogP) is 2.39. The van der Waals surface area contributed by atoms with Crippen LogP contribution in [0.4, 0.5) is 0 Å². The lowest BCUT2D eigenvalue weighted by atomic mass is 10.00. The van der Waals surface area contributed by atoms with Crippen LogP contribution < -0.4 is 5.32 Å². The second-order valence-electron chi connectivity index (χ2n) is 6.24. The van der Waals surface area contributed by atoms with Gasteiger partial charge in [-0.1, -0.05) is 38.1 Å². The zero-order chi connectivity index (χ0) is 15.5. The first-order valence-electron chi connectivity index (χ1n) is 7.87. The summed E-state index contributed by atoms with van der Waals surface area (Å²) in [5.74, 6) is 2.00. The molecule has 0 bridgehead atoms. The van der Waals surface area contributed by atoms with Gasteiger partial charge in [-0.3, -0.25) is 9.89 Å². The van der Waals surface area contributed by atoms with Gasteiger partial charge in [-0.2, -0.15) is 5.10 Å². The second-order valence-corrected chi connectivity index (χ2v) is 6.24. The van der Waals surface area contributed by atoms with Crippen LogP contribution in [0.25, 0.3) is 0 Å². The quantitative estimate of drug-likeness (QED) is 0.860. The molecule has 5 nitrogen and oxygen atoms in total. The molecule has 2 aromatic rings. The third-order valence-electron chi connectivity index (χ3n) is 4.28. The molecule has 1 aromatic carbocycles. The van der Waals surface area contributed by atoms with E-state index in [-0.39, 0.29) is 11.8 Å². The van der Waals surface area contributed by atoms with Gasteiger partial charge in [0.1, 0.15) is 12.2 Å². The summed E-state index contributed by atoms with van der Waals surface area (Å²) >= 11 is 0. The molecule has 2 N–H and O–H groups in total. The van der Waals surface area contributed by atoms with Crippen molar-refractivity contribution in [1.29, 1.82) is 0 Å². The normalized spacial score (nSPS) is 20.1. The molecule has 1 amide bonds. The van der Waals surface area contributed by atoms with Gasteiger partial charge >= 0.3 is 0 Å². The molecule has 1 fully saturated rings. The molecule has 0 saturated heterocycles. The van der Waals surface area contributed by atoms with Crippen molar-refractivity contribution in [3.63, 3.8) is 0 Å². The summed E-state index contributed by atoms with van der Waals surface area (Å²) in [6.45, 7) is 4.98. The fourth-order valence-electron chi connectivity index (χ4n) is 2.77. The lowest BCUT2D eigenvalue weighted by molar-refractivity contribution is -0.122. The molecule has 116 valence electrons. The van der Waals surface area contributed by atoms with Crippen molar-refractivity contribution in [3.8, 4) is 0 Å². The number of amides is 1. The lowest BCUT2D eigenvalue weighted by Crippen LogP contribution is -2.27. The number of nitrogens with zero attached hydrogens (tertiary/aromatic N) is 2. The number of benzene rings is 1. The van der Waals surface area contributed by atoms with Crippen LogP contribution in [0, 0.1) is 5.92 Å². The van der Waals surface area contributed by atoms with E-state index in [0.717, 1.165) is 12.2 Å². The van der Waals surface area contributed by atoms with Gasteiger partial charge in [0.2, 0.25) is 5.91 Å². The summed E-state index contributed by atoms with van der Waals surface area (Å²) in [5, 5.41) is 9.57. The van der Waals surface area contributed by atoms with E-state index in [1.165, 1.54) is 17.5 Å². The number of nitrogens with one attached hydrogen (secondary N) is 2. The molecule has 0 unspecified atom stereocenters. The average molecular weight is 298 g/mol. The summed E-state index contributed by atoms with van der Waals surface area (Å²) in [4.78, 5) is 16.2. The van der Waals surface area contributed by atoms with Crippen molar-refractivity contribution in [2.75, 3.05) is 6.54 Å². The minimum absolute atomic E-state index is 0.125. The van der Waals surface area contributed by atoms with E-state index in [1.807, 2.05) is 0 Å². The van der Waals surface area contributed by atoms with Crippen LogP contribution in [-0.4, -0.2) is 27.6 Å². The van der Waals surface area contributed by atoms with Gasteiger partial charge < -0.3 is 5.32 Å².